The highest BCUT2D eigenvalue weighted by atomic mass is 32.1. The minimum absolute atomic E-state index is 0.745. The molecule has 0 saturated carbocycles. The van der Waals surface area contributed by atoms with Crippen molar-refractivity contribution in [2.75, 3.05) is 0 Å². The standard InChI is InChI=1S/C7H5N3S/c1-2-9-7(10-3-1)6-4-8-5-11-6/h1-5H. The second-order valence-corrected chi connectivity index (χ2v) is 2.82. The van der Waals surface area contributed by atoms with Crippen molar-refractivity contribution in [2.45, 2.75) is 0 Å². The highest BCUT2D eigenvalue weighted by Gasteiger charge is 1.98. The second-order valence-electron chi connectivity index (χ2n) is 1.94. The fourth-order valence-electron chi connectivity index (χ4n) is 0.753. The molecule has 0 radical (unpaired) electrons. The Labute approximate surface area is 67.8 Å². The Hall–Kier alpha value is -1.29. The van der Waals surface area contributed by atoms with E-state index in [1.165, 1.54) is 11.3 Å². The van der Waals surface area contributed by atoms with Gasteiger partial charge in [0.1, 0.15) is 0 Å². The van der Waals surface area contributed by atoms with Gasteiger partial charge in [0, 0.05) is 18.6 Å². The molecule has 2 heterocycles. The average Bonchev–Trinajstić information content (AvgIpc) is 2.58. The van der Waals surface area contributed by atoms with Gasteiger partial charge < -0.3 is 0 Å². The summed E-state index contributed by atoms with van der Waals surface area (Å²) >= 11 is 1.54. The molecule has 4 heteroatoms. The topological polar surface area (TPSA) is 38.7 Å². The maximum atomic E-state index is 4.08. The fraction of sp³-hybridized carbons (Fsp3) is 0. The fourth-order valence-corrected chi connectivity index (χ4v) is 1.32. The second kappa shape index (κ2) is 2.75. The summed E-state index contributed by atoms with van der Waals surface area (Å²) in [5.41, 5.74) is 1.77. The zero-order valence-corrected chi connectivity index (χ0v) is 6.45. The SMILES string of the molecule is c1cnc(-c2cncs2)nc1. The third kappa shape index (κ3) is 1.25. The molecule has 2 aromatic heterocycles. The summed E-state index contributed by atoms with van der Waals surface area (Å²) in [5, 5.41) is 0. The van der Waals surface area contributed by atoms with Gasteiger partial charge >= 0.3 is 0 Å². The zero-order chi connectivity index (χ0) is 7.52. The van der Waals surface area contributed by atoms with Crippen LogP contribution in [0.5, 0.6) is 0 Å². The Balaban J connectivity index is 2.46. The number of nitrogens with zero attached hydrogens (tertiary/aromatic N) is 3. The largest absolute Gasteiger partial charge is 0.252 e. The van der Waals surface area contributed by atoms with E-state index in [4.69, 9.17) is 0 Å². The first kappa shape index (κ1) is 6.42. The lowest BCUT2D eigenvalue weighted by Gasteiger charge is -1.89. The van der Waals surface area contributed by atoms with E-state index in [0.717, 1.165) is 10.7 Å². The van der Waals surface area contributed by atoms with Crippen molar-refractivity contribution in [1.82, 2.24) is 15.0 Å². The molecule has 0 aromatic carbocycles. The van der Waals surface area contributed by atoms with Crippen LogP contribution in [0.15, 0.2) is 30.2 Å². The van der Waals surface area contributed by atoms with Crippen molar-refractivity contribution in [1.29, 1.82) is 0 Å². The minimum atomic E-state index is 0.745. The molecule has 0 fully saturated rings. The summed E-state index contributed by atoms with van der Waals surface area (Å²) in [6.45, 7) is 0. The van der Waals surface area contributed by atoms with Crippen LogP contribution >= 0.6 is 11.3 Å². The van der Waals surface area contributed by atoms with E-state index >= 15 is 0 Å². The lowest BCUT2D eigenvalue weighted by atomic mass is 10.5. The van der Waals surface area contributed by atoms with Crippen LogP contribution in [0.25, 0.3) is 10.7 Å². The predicted octanol–water partition coefficient (Wildman–Crippen LogP) is 1.60. The number of thiazole rings is 1. The molecule has 0 aliphatic carbocycles. The van der Waals surface area contributed by atoms with E-state index in [0.29, 0.717) is 0 Å². The minimum Gasteiger partial charge on any atom is -0.252 e. The van der Waals surface area contributed by atoms with Crippen LogP contribution in [-0.4, -0.2) is 15.0 Å². The van der Waals surface area contributed by atoms with Gasteiger partial charge in [0.2, 0.25) is 0 Å². The maximum Gasteiger partial charge on any atom is 0.171 e. The van der Waals surface area contributed by atoms with E-state index < -0.39 is 0 Å². The third-order valence-corrected chi connectivity index (χ3v) is 1.99. The van der Waals surface area contributed by atoms with Crippen LogP contribution < -0.4 is 0 Å². The Morgan fingerprint density at radius 1 is 1.18 bits per heavy atom. The first-order chi connectivity index (χ1) is 5.47. The van der Waals surface area contributed by atoms with Crippen LogP contribution in [0.4, 0.5) is 0 Å². The Morgan fingerprint density at radius 3 is 2.64 bits per heavy atom. The van der Waals surface area contributed by atoms with Crippen molar-refractivity contribution in [3.05, 3.63) is 30.2 Å². The Morgan fingerprint density at radius 2 is 2.00 bits per heavy atom. The van der Waals surface area contributed by atoms with E-state index in [1.807, 2.05) is 0 Å². The first-order valence-electron chi connectivity index (χ1n) is 3.13. The molecule has 0 amide bonds. The van der Waals surface area contributed by atoms with Gasteiger partial charge in [-0.25, -0.2) is 9.97 Å². The van der Waals surface area contributed by atoms with E-state index in [1.54, 1.807) is 30.2 Å². The lowest BCUT2D eigenvalue weighted by Crippen LogP contribution is -1.82. The number of rotatable bonds is 1. The van der Waals surface area contributed by atoms with Gasteiger partial charge in [-0.05, 0) is 6.07 Å². The van der Waals surface area contributed by atoms with Crippen LogP contribution in [0.2, 0.25) is 0 Å². The summed E-state index contributed by atoms with van der Waals surface area (Å²) in [7, 11) is 0. The monoisotopic (exact) mass is 163 g/mol. The van der Waals surface area contributed by atoms with Crippen molar-refractivity contribution in [3.8, 4) is 10.7 Å². The van der Waals surface area contributed by atoms with Gasteiger partial charge in [0.25, 0.3) is 0 Å². The first-order valence-corrected chi connectivity index (χ1v) is 4.00. The number of aromatic nitrogens is 3. The van der Waals surface area contributed by atoms with Crippen molar-refractivity contribution in [3.63, 3.8) is 0 Å². The Bertz CT molecular complexity index is 317. The van der Waals surface area contributed by atoms with Crippen molar-refractivity contribution >= 4 is 11.3 Å². The highest BCUT2D eigenvalue weighted by molar-refractivity contribution is 7.13. The van der Waals surface area contributed by atoms with E-state index in [9.17, 15) is 0 Å². The van der Waals surface area contributed by atoms with Gasteiger partial charge in [-0.2, -0.15) is 0 Å². The van der Waals surface area contributed by atoms with Gasteiger partial charge in [0.05, 0.1) is 10.4 Å². The molecule has 3 nitrogen and oxygen atoms in total. The molecule has 2 aromatic rings. The average molecular weight is 163 g/mol. The number of hydrogen-bond acceptors (Lipinski definition) is 4. The van der Waals surface area contributed by atoms with Crippen LogP contribution in [0.3, 0.4) is 0 Å². The summed E-state index contributed by atoms with van der Waals surface area (Å²) in [6, 6.07) is 1.80. The van der Waals surface area contributed by atoms with Gasteiger partial charge in [0.15, 0.2) is 5.82 Å². The molecule has 0 aliphatic heterocycles. The molecule has 54 valence electrons. The Kier molecular flexibility index (Phi) is 1.61. The predicted molar refractivity (Wildman–Crippen MR) is 43.1 cm³/mol. The van der Waals surface area contributed by atoms with Crippen LogP contribution in [0.1, 0.15) is 0 Å². The van der Waals surface area contributed by atoms with E-state index in [-0.39, 0.29) is 0 Å². The molecular weight excluding hydrogens is 158 g/mol. The molecule has 0 atom stereocenters. The third-order valence-electron chi connectivity index (χ3n) is 1.22. The normalized spacial score (nSPS) is 9.82. The molecule has 11 heavy (non-hydrogen) atoms. The van der Waals surface area contributed by atoms with Gasteiger partial charge in [-0.3, -0.25) is 4.98 Å². The summed E-state index contributed by atoms with van der Waals surface area (Å²) in [6.07, 6.45) is 5.21. The highest BCUT2D eigenvalue weighted by Crippen LogP contribution is 2.17. The molecular formula is C7H5N3S. The van der Waals surface area contributed by atoms with Crippen molar-refractivity contribution < 1.29 is 0 Å². The molecule has 0 aliphatic rings. The molecule has 0 N–H and O–H groups in total. The molecule has 2 rings (SSSR count). The number of hydrogen-bond donors (Lipinski definition) is 0. The lowest BCUT2D eigenvalue weighted by molar-refractivity contribution is 1.18. The maximum absolute atomic E-state index is 4.08. The van der Waals surface area contributed by atoms with Crippen molar-refractivity contribution in [2.24, 2.45) is 0 Å². The molecule has 0 saturated heterocycles. The smallest absolute Gasteiger partial charge is 0.171 e. The van der Waals surface area contributed by atoms with Crippen LogP contribution in [0, 0.1) is 0 Å². The van der Waals surface area contributed by atoms with Crippen LogP contribution in [-0.2, 0) is 0 Å². The van der Waals surface area contributed by atoms with Gasteiger partial charge in [-0.1, -0.05) is 0 Å². The molecule has 0 spiro atoms. The quantitative estimate of drug-likeness (QED) is 0.641. The zero-order valence-electron chi connectivity index (χ0n) is 5.64. The summed E-state index contributed by atoms with van der Waals surface area (Å²) in [5.74, 6) is 0.745. The molecule has 0 bridgehead atoms. The van der Waals surface area contributed by atoms with E-state index in [2.05, 4.69) is 15.0 Å². The van der Waals surface area contributed by atoms with Gasteiger partial charge in [-0.15, -0.1) is 11.3 Å². The summed E-state index contributed by atoms with van der Waals surface area (Å²) in [4.78, 5) is 13.1. The molecule has 0 unspecified atom stereocenters. The summed E-state index contributed by atoms with van der Waals surface area (Å²) < 4.78 is 0.